The van der Waals surface area contributed by atoms with Gasteiger partial charge in [0.25, 0.3) is 0 Å². The van der Waals surface area contributed by atoms with Gasteiger partial charge in [-0.1, -0.05) is 0 Å². The summed E-state index contributed by atoms with van der Waals surface area (Å²) in [6, 6.07) is 0. The molecular weight excluding hydrogens is 276 g/mol. The SMILES string of the molecule is CC1(C)OCC(c2ncc(OCBr)cn2)O1. The molecule has 0 spiro atoms. The minimum absolute atomic E-state index is 0.201. The molecule has 88 valence electrons. The highest BCUT2D eigenvalue weighted by Gasteiger charge is 2.35. The third-order valence-electron chi connectivity index (χ3n) is 2.17. The first-order valence-electron chi connectivity index (χ1n) is 4.93. The third kappa shape index (κ3) is 2.69. The normalized spacial score (nSPS) is 23.3. The minimum Gasteiger partial charge on any atom is -0.479 e. The van der Waals surface area contributed by atoms with Gasteiger partial charge in [0.15, 0.2) is 17.4 Å². The van der Waals surface area contributed by atoms with Crippen molar-refractivity contribution >= 4 is 15.9 Å². The van der Waals surface area contributed by atoms with Crippen LogP contribution in [0, 0.1) is 0 Å². The molecule has 0 amide bonds. The van der Waals surface area contributed by atoms with Crippen LogP contribution in [0.1, 0.15) is 25.8 Å². The van der Waals surface area contributed by atoms with Crippen LogP contribution in [0.2, 0.25) is 0 Å². The van der Waals surface area contributed by atoms with Crippen LogP contribution in [0.15, 0.2) is 12.4 Å². The average Bonchev–Trinajstić information content (AvgIpc) is 2.61. The highest BCUT2D eigenvalue weighted by Crippen LogP contribution is 2.31. The summed E-state index contributed by atoms with van der Waals surface area (Å²) in [4.78, 5) is 8.37. The van der Waals surface area contributed by atoms with Gasteiger partial charge < -0.3 is 14.2 Å². The van der Waals surface area contributed by atoms with Crippen LogP contribution >= 0.6 is 15.9 Å². The zero-order valence-electron chi connectivity index (χ0n) is 9.14. The van der Waals surface area contributed by atoms with Crippen LogP contribution in [-0.2, 0) is 9.47 Å². The Kier molecular flexibility index (Phi) is 3.41. The molecule has 5 nitrogen and oxygen atoms in total. The van der Waals surface area contributed by atoms with E-state index in [1.54, 1.807) is 12.4 Å². The quantitative estimate of drug-likeness (QED) is 0.797. The van der Waals surface area contributed by atoms with E-state index in [0.717, 1.165) is 0 Å². The van der Waals surface area contributed by atoms with Crippen LogP contribution in [-0.4, -0.2) is 27.9 Å². The molecule has 6 heteroatoms. The largest absolute Gasteiger partial charge is 0.479 e. The number of ether oxygens (including phenoxy) is 3. The highest BCUT2D eigenvalue weighted by molar-refractivity contribution is 9.09. The second-order valence-electron chi connectivity index (χ2n) is 3.85. The van der Waals surface area contributed by atoms with Gasteiger partial charge in [-0.3, -0.25) is 0 Å². The van der Waals surface area contributed by atoms with Gasteiger partial charge in [-0.05, 0) is 29.8 Å². The van der Waals surface area contributed by atoms with E-state index in [4.69, 9.17) is 14.2 Å². The fourth-order valence-corrected chi connectivity index (χ4v) is 1.71. The van der Waals surface area contributed by atoms with Crippen molar-refractivity contribution in [3.8, 4) is 5.75 Å². The Morgan fingerprint density at radius 2 is 2.19 bits per heavy atom. The van der Waals surface area contributed by atoms with E-state index in [-0.39, 0.29) is 6.10 Å². The molecule has 1 unspecified atom stereocenters. The lowest BCUT2D eigenvalue weighted by Gasteiger charge is -2.16. The number of hydrogen-bond acceptors (Lipinski definition) is 5. The summed E-state index contributed by atoms with van der Waals surface area (Å²) in [6.45, 7) is 4.22. The molecule has 1 aliphatic rings. The molecule has 0 aromatic carbocycles. The van der Waals surface area contributed by atoms with Gasteiger partial charge in [0.05, 0.1) is 19.0 Å². The van der Waals surface area contributed by atoms with E-state index in [9.17, 15) is 0 Å². The molecule has 0 aliphatic carbocycles. The lowest BCUT2D eigenvalue weighted by molar-refractivity contribution is -0.139. The summed E-state index contributed by atoms with van der Waals surface area (Å²) in [5.74, 6) is 0.685. The lowest BCUT2D eigenvalue weighted by atomic mass is 10.3. The molecule has 1 fully saturated rings. The number of nitrogens with zero attached hydrogens (tertiary/aromatic N) is 2. The lowest BCUT2D eigenvalue weighted by Crippen LogP contribution is -2.20. The van der Waals surface area contributed by atoms with Gasteiger partial charge in [-0.15, -0.1) is 0 Å². The van der Waals surface area contributed by atoms with Gasteiger partial charge in [0.2, 0.25) is 0 Å². The van der Waals surface area contributed by atoms with E-state index in [2.05, 4.69) is 25.9 Å². The minimum atomic E-state index is -0.556. The summed E-state index contributed by atoms with van der Waals surface area (Å²) in [5, 5.41) is 0. The molecular formula is C10H13BrN2O3. The zero-order valence-corrected chi connectivity index (χ0v) is 10.7. The number of hydrogen-bond donors (Lipinski definition) is 0. The molecule has 0 N–H and O–H groups in total. The molecule has 1 aromatic heterocycles. The smallest absolute Gasteiger partial charge is 0.164 e. The Morgan fingerprint density at radius 3 is 2.69 bits per heavy atom. The zero-order chi connectivity index (χ0) is 11.6. The summed E-state index contributed by atoms with van der Waals surface area (Å²) >= 11 is 3.16. The van der Waals surface area contributed by atoms with Crippen molar-refractivity contribution in [1.29, 1.82) is 0 Å². The average molecular weight is 289 g/mol. The van der Waals surface area contributed by atoms with Crippen molar-refractivity contribution in [1.82, 2.24) is 9.97 Å². The molecule has 1 aromatic rings. The first-order chi connectivity index (χ1) is 7.61. The monoisotopic (exact) mass is 288 g/mol. The Morgan fingerprint density at radius 1 is 1.50 bits per heavy atom. The molecule has 0 bridgehead atoms. The van der Waals surface area contributed by atoms with Crippen LogP contribution in [0.3, 0.4) is 0 Å². The second-order valence-corrected chi connectivity index (χ2v) is 4.31. The maximum atomic E-state index is 5.64. The second kappa shape index (κ2) is 4.65. The van der Waals surface area contributed by atoms with E-state index in [0.29, 0.717) is 23.7 Å². The maximum absolute atomic E-state index is 5.64. The van der Waals surface area contributed by atoms with Gasteiger partial charge >= 0.3 is 0 Å². The van der Waals surface area contributed by atoms with Crippen LogP contribution in [0.5, 0.6) is 5.75 Å². The Labute approximate surface area is 102 Å². The fraction of sp³-hybridized carbons (Fsp3) is 0.600. The van der Waals surface area contributed by atoms with E-state index in [1.807, 2.05) is 13.8 Å². The maximum Gasteiger partial charge on any atom is 0.164 e. The molecule has 2 rings (SSSR count). The molecule has 1 aliphatic heterocycles. The fourth-order valence-electron chi connectivity index (χ4n) is 1.44. The van der Waals surface area contributed by atoms with Crippen molar-refractivity contribution in [3.05, 3.63) is 18.2 Å². The van der Waals surface area contributed by atoms with Gasteiger partial charge in [-0.25, -0.2) is 9.97 Å². The van der Waals surface area contributed by atoms with Crippen molar-refractivity contribution in [2.45, 2.75) is 25.7 Å². The summed E-state index contributed by atoms with van der Waals surface area (Å²) in [6.07, 6.45) is 3.05. The van der Waals surface area contributed by atoms with Gasteiger partial charge in [0.1, 0.15) is 11.6 Å². The Bertz CT molecular complexity index is 356. The van der Waals surface area contributed by atoms with Crippen LogP contribution < -0.4 is 4.74 Å². The Balaban J connectivity index is 2.05. The van der Waals surface area contributed by atoms with Crippen molar-refractivity contribution in [2.24, 2.45) is 0 Å². The summed E-state index contributed by atoms with van der Waals surface area (Å²) < 4.78 is 16.3. The van der Waals surface area contributed by atoms with Crippen molar-refractivity contribution in [3.63, 3.8) is 0 Å². The van der Waals surface area contributed by atoms with E-state index in [1.165, 1.54) is 0 Å². The first kappa shape index (κ1) is 11.8. The Hall–Kier alpha value is -0.720. The summed E-state index contributed by atoms with van der Waals surface area (Å²) in [7, 11) is 0. The molecule has 1 atom stereocenters. The third-order valence-corrected chi connectivity index (χ3v) is 2.39. The van der Waals surface area contributed by atoms with Crippen LogP contribution in [0.4, 0.5) is 0 Å². The molecule has 0 radical (unpaired) electrons. The van der Waals surface area contributed by atoms with E-state index < -0.39 is 5.79 Å². The standard InChI is InChI=1S/C10H13BrN2O3/c1-10(2)15-5-8(16-10)9-12-3-7(4-13-9)14-6-11/h3-4,8H,5-6H2,1-2H3. The van der Waals surface area contributed by atoms with Gasteiger partial charge in [0, 0.05) is 0 Å². The number of aromatic nitrogens is 2. The predicted octanol–water partition coefficient (Wildman–Crippen LogP) is 2.03. The first-order valence-corrected chi connectivity index (χ1v) is 6.05. The number of alkyl halides is 1. The molecule has 0 saturated carbocycles. The molecule has 1 saturated heterocycles. The topological polar surface area (TPSA) is 53.5 Å². The number of halogens is 1. The van der Waals surface area contributed by atoms with Crippen molar-refractivity contribution < 1.29 is 14.2 Å². The van der Waals surface area contributed by atoms with E-state index >= 15 is 0 Å². The van der Waals surface area contributed by atoms with Crippen LogP contribution in [0.25, 0.3) is 0 Å². The summed E-state index contributed by atoms with van der Waals surface area (Å²) in [5.41, 5.74) is 0.422. The number of rotatable bonds is 3. The van der Waals surface area contributed by atoms with Crippen molar-refractivity contribution in [2.75, 3.05) is 12.1 Å². The molecule has 16 heavy (non-hydrogen) atoms. The highest BCUT2D eigenvalue weighted by atomic mass is 79.9. The molecule has 2 heterocycles. The van der Waals surface area contributed by atoms with Gasteiger partial charge in [-0.2, -0.15) is 0 Å². The predicted molar refractivity (Wildman–Crippen MR) is 60.3 cm³/mol.